The first-order valence-corrected chi connectivity index (χ1v) is 4.10. The van der Waals surface area contributed by atoms with E-state index in [1.54, 1.807) is 0 Å². The minimum atomic E-state index is -4.90. The van der Waals surface area contributed by atoms with Crippen LogP contribution in [0, 0.1) is 0 Å². The second-order valence-corrected chi connectivity index (χ2v) is 2.92. The van der Waals surface area contributed by atoms with Crippen molar-refractivity contribution in [2.24, 2.45) is 0 Å². The lowest BCUT2D eigenvalue weighted by Gasteiger charge is -2.23. The summed E-state index contributed by atoms with van der Waals surface area (Å²) in [5.41, 5.74) is 0. The number of alkyl halides is 8. The summed E-state index contributed by atoms with van der Waals surface area (Å²) in [5, 5.41) is 0. The monoisotopic (exact) mass is 276 g/mol. The largest absolute Gasteiger partial charge is 0.418 e. The van der Waals surface area contributed by atoms with E-state index in [-0.39, 0.29) is 0 Å². The van der Waals surface area contributed by atoms with Gasteiger partial charge in [-0.2, -0.15) is 17.6 Å². The molecule has 0 rings (SSSR count). The minimum absolute atomic E-state index is 0.595. The summed E-state index contributed by atoms with van der Waals surface area (Å²) in [6.45, 7) is -1.33. The Balaban J connectivity index is 4.17. The third kappa shape index (κ3) is 5.48. The lowest BCUT2D eigenvalue weighted by atomic mass is 10.4. The second kappa shape index (κ2) is 5.80. The highest BCUT2D eigenvalue weighted by Crippen LogP contribution is 2.28. The maximum Gasteiger partial charge on any atom is 0.418 e. The Kier molecular flexibility index (Phi) is 5.59. The predicted molar refractivity (Wildman–Crippen MR) is 38.4 cm³/mol. The van der Waals surface area contributed by atoms with Gasteiger partial charge < -0.3 is 4.74 Å². The van der Waals surface area contributed by atoms with E-state index in [0.29, 0.717) is 6.92 Å². The summed E-state index contributed by atoms with van der Waals surface area (Å²) in [4.78, 5) is 0. The van der Waals surface area contributed by atoms with E-state index in [4.69, 9.17) is 0 Å². The van der Waals surface area contributed by atoms with Crippen LogP contribution in [0.15, 0.2) is 0 Å². The van der Waals surface area contributed by atoms with Crippen LogP contribution in [-0.2, 0) is 9.47 Å². The Bertz CT molecular complexity index is 232. The van der Waals surface area contributed by atoms with Crippen molar-refractivity contribution in [2.75, 3.05) is 6.61 Å². The molecule has 0 spiro atoms. The zero-order valence-electron chi connectivity index (χ0n) is 8.28. The van der Waals surface area contributed by atoms with Crippen molar-refractivity contribution in [1.82, 2.24) is 0 Å². The predicted octanol–water partition coefficient (Wildman–Crippen LogP) is 3.12. The molecule has 1 unspecified atom stereocenters. The Morgan fingerprint density at radius 1 is 0.941 bits per heavy atom. The van der Waals surface area contributed by atoms with Gasteiger partial charge in [0.05, 0.1) is 0 Å². The lowest BCUT2D eigenvalue weighted by molar-refractivity contribution is -0.358. The molecule has 17 heavy (non-hydrogen) atoms. The van der Waals surface area contributed by atoms with Crippen LogP contribution in [0.25, 0.3) is 0 Å². The molecule has 0 saturated heterocycles. The molecule has 0 aromatic heterocycles. The summed E-state index contributed by atoms with van der Waals surface area (Å²) in [6.07, 6.45) is -15.3. The molecular weight excluding hydrogens is 268 g/mol. The van der Waals surface area contributed by atoms with Crippen LogP contribution in [0.4, 0.5) is 35.1 Å². The van der Waals surface area contributed by atoms with Crippen molar-refractivity contribution < 1.29 is 44.6 Å². The van der Waals surface area contributed by atoms with Gasteiger partial charge in [0, 0.05) is 0 Å². The second-order valence-electron chi connectivity index (χ2n) is 2.92. The number of ether oxygens (including phenoxy) is 2. The molecule has 0 aliphatic rings. The topological polar surface area (TPSA) is 18.5 Å². The van der Waals surface area contributed by atoms with Gasteiger partial charge in [-0.1, -0.05) is 0 Å². The molecule has 0 fully saturated rings. The average molecular weight is 276 g/mol. The molecule has 0 aliphatic carbocycles. The van der Waals surface area contributed by atoms with Gasteiger partial charge in [0.25, 0.3) is 0 Å². The van der Waals surface area contributed by atoms with Crippen LogP contribution < -0.4 is 0 Å². The van der Waals surface area contributed by atoms with E-state index in [1.165, 1.54) is 0 Å². The van der Waals surface area contributed by atoms with Gasteiger partial charge in [0.2, 0.25) is 0 Å². The molecule has 0 heterocycles. The number of hydrogen-bond acceptors (Lipinski definition) is 2. The molecule has 0 aromatic carbocycles. The van der Waals surface area contributed by atoms with Crippen molar-refractivity contribution in [3.8, 4) is 0 Å². The fourth-order valence-electron chi connectivity index (χ4n) is 0.598. The Morgan fingerprint density at radius 3 is 1.76 bits per heavy atom. The highest BCUT2D eigenvalue weighted by Gasteiger charge is 2.46. The molecule has 2 nitrogen and oxygen atoms in total. The third-order valence-corrected chi connectivity index (χ3v) is 1.41. The highest BCUT2D eigenvalue weighted by molar-refractivity contribution is 4.68. The van der Waals surface area contributed by atoms with Crippen molar-refractivity contribution in [1.29, 1.82) is 0 Å². The van der Waals surface area contributed by atoms with E-state index in [0.717, 1.165) is 0 Å². The molecule has 10 heteroatoms. The van der Waals surface area contributed by atoms with Gasteiger partial charge in [-0.05, 0) is 6.92 Å². The van der Waals surface area contributed by atoms with E-state index < -0.39 is 37.8 Å². The smallest absolute Gasteiger partial charge is 0.346 e. The van der Waals surface area contributed by atoms with Crippen molar-refractivity contribution in [3.05, 3.63) is 0 Å². The van der Waals surface area contributed by atoms with Crippen LogP contribution in [0.5, 0.6) is 0 Å². The molecule has 0 saturated carbocycles. The normalized spacial score (nSPS) is 15.7. The highest BCUT2D eigenvalue weighted by atomic mass is 19.3. The van der Waals surface area contributed by atoms with Crippen molar-refractivity contribution in [3.63, 3.8) is 0 Å². The lowest BCUT2D eigenvalue weighted by Crippen LogP contribution is -2.38. The van der Waals surface area contributed by atoms with E-state index in [1.807, 2.05) is 0 Å². The molecule has 0 N–H and O–H groups in total. The summed E-state index contributed by atoms with van der Waals surface area (Å²) in [7, 11) is 0. The molecule has 0 radical (unpaired) electrons. The zero-order chi connectivity index (χ0) is 13.9. The van der Waals surface area contributed by atoms with Crippen molar-refractivity contribution in [2.45, 2.75) is 38.1 Å². The van der Waals surface area contributed by atoms with E-state index >= 15 is 0 Å². The Labute approximate surface area is 90.5 Å². The first-order valence-electron chi connectivity index (χ1n) is 4.10. The van der Waals surface area contributed by atoms with Crippen LogP contribution in [-0.4, -0.2) is 37.8 Å². The fourth-order valence-corrected chi connectivity index (χ4v) is 0.598. The molecular formula is C7H8F8O2. The molecule has 0 aromatic rings. The van der Waals surface area contributed by atoms with Crippen LogP contribution in [0.2, 0.25) is 0 Å². The average Bonchev–Trinajstić information content (AvgIpc) is 2.13. The number of hydrogen-bond donors (Lipinski definition) is 0. The first-order chi connectivity index (χ1) is 7.49. The SMILES string of the molecule is CC(OCC(F)(F)C(F)F)OC(F)(F)C(F)F. The van der Waals surface area contributed by atoms with Gasteiger partial charge in [-0.25, -0.2) is 17.6 Å². The number of halogens is 8. The maximum atomic E-state index is 12.2. The van der Waals surface area contributed by atoms with Gasteiger partial charge in [0.1, 0.15) is 6.61 Å². The molecule has 0 amide bonds. The summed E-state index contributed by atoms with van der Waals surface area (Å²) >= 11 is 0. The van der Waals surface area contributed by atoms with Crippen LogP contribution >= 0.6 is 0 Å². The van der Waals surface area contributed by atoms with Gasteiger partial charge in [-0.3, -0.25) is 4.74 Å². The number of rotatable bonds is 7. The first kappa shape index (κ1) is 16.4. The Hall–Kier alpha value is -0.640. The van der Waals surface area contributed by atoms with E-state index in [2.05, 4.69) is 9.47 Å². The molecule has 1 atom stereocenters. The summed E-state index contributed by atoms with van der Waals surface area (Å²) in [6, 6.07) is 0. The molecule has 0 bridgehead atoms. The van der Waals surface area contributed by atoms with Gasteiger partial charge >= 0.3 is 24.9 Å². The van der Waals surface area contributed by atoms with Crippen LogP contribution in [0.1, 0.15) is 6.92 Å². The Morgan fingerprint density at radius 2 is 1.41 bits per heavy atom. The van der Waals surface area contributed by atoms with E-state index in [9.17, 15) is 35.1 Å². The van der Waals surface area contributed by atoms with Crippen molar-refractivity contribution >= 4 is 0 Å². The molecule has 104 valence electrons. The van der Waals surface area contributed by atoms with Crippen LogP contribution in [0.3, 0.4) is 0 Å². The summed E-state index contributed by atoms with van der Waals surface area (Å²) in [5.74, 6) is -4.57. The quantitative estimate of drug-likeness (QED) is 0.525. The zero-order valence-corrected chi connectivity index (χ0v) is 8.28. The standard InChI is InChI=1S/C7H8F8O2/c1-3(17-7(14,15)5(10)11)16-2-6(12,13)4(8)9/h3-5H,2H2,1H3. The van der Waals surface area contributed by atoms with Gasteiger partial charge in [0.15, 0.2) is 6.29 Å². The fraction of sp³-hybridized carbons (Fsp3) is 1.00. The maximum absolute atomic E-state index is 12.2. The molecule has 0 aliphatic heterocycles. The minimum Gasteiger partial charge on any atom is -0.346 e. The summed E-state index contributed by atoms with van der Waals surface area (Å²) < 4.78 is 102. The third-order valence-electron chi connectivity index (χ3n) is 1.41. The van der Waals surface area contributed by atoms with Gasteiger partial charge in [-0.15, -0.1) is 0 Å².